The molecule has 2 rings (SSSR count). The molecule has 2 aromatic rings. The minimum Gasteiger partial charge on any atom is -0.381 e. The standard InChI is InChI=1S/C10H11N5/c11-9-8(13-10(12)15-14-9)6-7-4-2-1-3-5-7/h1-5H,6H2,(H2,11,14)(H2,12,13,15). The van der Waals surface area contributed by atoms with Crippen LogP contribution in [0.5, 0.6) is 0 Å². The van der Waals surface area contributed by atoms with E-state index in [1.165, 1.54) is 0 Å². The van der Waals surface area contributed by atoms with Crippen LogP contribution in [0.25, 0.3) is 0 Å². The van der Waals surface area contributed by atoms with Gasteiger partial charge >= 0.3 is 0 Å². The molecule has 0 saturated heterocycles. The Bertz CT molecular complexity index is 455. The lowest BCUT2D eigenvalue weighted by Gasteiger charge is -2.03. The zero-order valence-electron chi connectivity index (χ0n) is 8.09. The molecule has 0 radical (unpaired) electrons. The number of nitrogen functional groups attached to an aromatic ring is 2. The molecule has 0 fully saturated rings. The monoisotopic (exact) mass is 201 g/mol. The molecule has 5 heteroatoms. The fourth-order valence-electron chi connectivity index (χ4n) is 1.30. The van der Waals surface area contributed by atoms with Gasteiger partial charge in [0.1, 0.15) is 0 Å². The minimum atomic E-state index is 0.148. The van der Waals surface area contributed by atoms with Crippen LogP contribution in [-0.2, 0) is 6.42 Å². The Morgan fingerprint density at radius 1 is 1.00 bits per heavy atom. The van der Waals surface area contributed by atoms with E-state index in [4.69, 9.17) is 11.5 Å². The Hall–Kier alpha value is -2.17. The number of nitrogens with two attached hydrogens (primary N) is 2. The summed E-state index contributed by atoms with van der Waals surface area (Å²) < 4.78 is 0. The van der Waals surface area contributed by atoms with Gasteiger partial charge in [0.05, 0.1) is 5.69 Å². The van der Waals surface area contributed by atoms with Gasteiger partial charge in [-0.1, -0.05) is 30.3 Å². The van der Waals surface area contributed by atoms with Gasteiger partial charge in [0.2, 0.25) is 5.95 Å². The first-order chi connectivity index (χ1) is 7.25. The van der Waals surface area contributed by atoms with Gasteiger partial charge in [0.15, 0.2) is 5.82 Å². The predicted octanol–water partition coefficient (Wildman–Crippen LogP) is 0.627. The lowest BCUT2D eigenvalue weighted by molar-refractivity contribution is 0.939. The molecule has 0 aliphatic heterocycles. The van der Waals surface area contributed by atoms with Crippen LogP contribution in [0, 0.1) is 0 Å². The number of hydrogen-bond acceptors (Lipinski definition) is 5. The molecule has 1 aromatic heterocycles. The molecule has 15 heavy (non-hydrogen) atoms. The fourth-order valence-corrected chi connectivity index (χ4v) is 1.30. The first kappa shape index (κ1) is 9.39. The molecule has 0 aliphatic carbocycles. The Labute approximate surface area is 87.2 Å². The molecular formula is C10H11N5. The van der Waals surface area contributed by atoms with Crippen molar-refractivity contribution in [2.45, 2.75) is 6.42 Å². The maximum Gasteiger partial charge on any atom is 0.240 e. The largest absolute Gasteiger partial charge is 0.381 e. The molecular weight excluding hydrogens is 190 g/mol. The Morgan fingerprint density at radius 3 is 2.47 bits per heavy atom. The third kappa shape index (κ3) is 2.19. The van der Waals surface area contributed by atoms with Crippen molar-refractivity contribution in [3.05, 3.63) is 41.6 Å². The quantitative estimate of drug-likeness (QED) is 0.743. The van der Waals surface area contributed by atoms with Crippen molar-refractivity contribution < 1.29 is 0 Å². The van der Waals surface area contributed by atoms with E-state index >= 15 is 0 Å². The van der Waals surface area contributed by atoms with Crippen LogP contribution in [0.15, 0.2) is 30.3 Å². The van der Waals surface area contributed by atoms with Crippen LogP contribution < -0.4 is 11.5 Å². The van der Waals surface area contributed by atoms with E-state index in [1.807, 2.05) is 30.3 Å². The zero-order valence-corrected chi connectivity index (χ0v) is 8.09. The summed E-state index contributed by atoms with van der Waals surface area (Å²) in [5.41, 5.74) is 12.9. The average Bonchev–Trinajstić information content (AvgIpc) is 2.25. The highest BCUT2D eigenvalue weighted by molar-refractivity contribution is 5.38. The van der Waals surface area contributed by atoms with Crippen LogP contribution in [-0.4, -0.2) is 15.2 Å². The smallest absolute Gasteiger partial charge is 0.240 e. The first-order valence-corrected chi connectivity index (χ1v) is 4.54. The summed E-state index contributed by atoms with van der Waals surface area (Å²) in [6, 6.07) is 9.88. The van der Waals surface area contributed by atoms with E-state index in [-0.39, 0.29) is 5.95 Å². The van der Waals surface area contributed by atoms with Gasteiger partial charge < -0.3 is 11.5 Å². The van der Waals surface area contributed by atoms with Gasteiger partial charge in [0, 0.05) is 6.42 Å². The summed E-state index contributed by atoms with van der Waals surface area (Å²) in [5, 5.41) is 7.29. The normalized spacial score (nSPS) is 10.1. The highest BCUT2D eigenvalue weighted by Gasteiger charge is 2.05. The Kier molecular flexibility index (Phi) is 2.45. The lowest BCUT2D eigenvalue weighted by atomic mass is 10.1. The average molecular weight is 201 g/mol. The third-order valence-corrected chi connectivity index (χ3v) is 2.02. The van der Waals surface area contributed by atoms with Crippen molar-refractivity contribution in [3.8, 4) is 0 Å². The van der Waals surface area contributed by atoms with Gasteiger partial charge in [0.25, 0.3) is 0 Å². The second-order valence-electron chi connectivity index (χ2n) is 3.16. The number of benzene rings is 1. The summed E-state index contributed by atoms with van der Waals surface area (Å²) in [7, 11) is 0. The van der Waals surface area contributed by atoms with Crippen LogP contribution in [0.4, 0.5) is 11.8 Å². The minimum absolute atomic E-state index is 0.148. The van der Waals surface area contributed by atoms with Crippen molar-refractivity contribution >= 4 is 11.8 Å². The first-order valence-electron chi connectivity index (χ1n) is 4.54. The van der Waals surface area contributed by atoms with Crippen LogP contribution >= 0.6 is 0 Å². The van der Waals surface area contributed by atoms with Crippen LogP contribution in [0.2, 0.25) is 0 Å². The van der Waals surface area contributed by atoms with Crippen LogP contribution in [0.1, 0.15) is 11.3 Å². The topological polar surface area (TPSA) is 90.7 Å². The predicted molar refractivity (Wildman–Crippen MR) is 57.9 cm³/mol. The second-order valence-corrected chi connectivity index (χ2v) is 3.16. The molecule has 0 unspecified atom stereocenters. The van der Waals surface area contributed by atoms with E-state index in [1.54, 1.807) is 0 Å². The highest BCUT2D eigenvalue weighted by atomic mass is 15.2. The summed E-state index contributed by atoms with van der Waals surface area (Å²) in [6.07, 6.45) is 0.617. The van der Waals surface area contributed by atoms with Gasteiger partial charge in [-0.3, -0.25) is 0 Å². The van der Waals surface area contributed by atoms with Gasteiger partial charge in [-0.2, -0.15) is 0 Å². The van der Waals surface area contributed by atoms with Crippen molar-refractivity contribution in [2.75, 3.05) is 11.5 Å². The van der Waals surface area contributed by atoms with Crippen molar-refractivity contribution in [1.29, 1.82) is 0 Å². The van der Waals surface area contributed by atoms with E-state index < -0.39 is 0 Å². The molecule has 0 spiro atoms. The molecule has 1 heterocycles. The molecule has 1 aromatic carbocycles. The van der Waals surface area contributed by atoms with E-state index in [0.29, 0.717) is 17.9 Å². The SMILES string of the molecule is Nc1nnc(N)c(Cc2ccccc2)n1. The Morgan fingerprint density at radius 2 is 1.73 bits per heavy atom. The Balaban J connectivity index is 2.28. The van der Waals surface area contributed by atoms with Crippen molar-refractivity contribution in [3.63, 3.8) is 0 Å². The molecule has 0 saturated carbocycles. The van der Waals surface area contributed by atoms with E-state index in [2.05, 4.69) is 15.2 Å². The lowest BCUT2D eigenvalue weighted by Crippen LogP contribution is -2.07. The van der Waals surface area contributed by atoms with Gasteiger partial charge in [-0.15, -0.1) is 10.2 Å². The number of rotatable bonds is 2. The second kappa shape index (κ2) is 3.91. The fraction of sp³-hybridized carbons (Fsp3) is 0.100. The summed E-state index contributed by atoms with van der Waals surface area (Å²) >= 11 is 0. The highest BCUT2D eigenvalue weighted by Crippen LogP contribution is 2.11. The molecule has 76 valence electrons. The van der Waals surface area contributed by atoms with Crippen LogP contribution in [0.3, 0.4) is 0 Å². The zero-order chi connectivity index (χ0) is 10.7. The summed E-state index contributed by atoms with van der Waals surface area (Å²) in [6.45, 7) is 0. The molecule has 0 aliphatic rings. The maximum absolute atomic E-state index is 5.65. The maximum atomic E-state index is 5.65. The van der Waals surface area contributed by atoms with E-state index in [0.717, 1.165) is 5.56 Å². The molecule has 4 N–H and O–H groups in total. The van der Waals surface area contributed by atoms with Gasteiger partial charge in [-0.25, -0.2) is 4.98 Å². The number of hydrogen-bond donors (Lipinski definition) is 2. The van der Waals surface area contributed by atoms with Crippen molar-refractivity contribution in [1.82, 2.24) is 15.2 Å². The number of nitrogens with zero attached hydrogens (tertiary/aromatic N) is 3. The van der Waals surface area contributed by atoms with E-state index in [9.17, 15) is 0 Å². The molecule has 0 amide bonds. The number of aromatic nitrogens is 3. The molecule has 0 bridgehead atoms. The molecule has 5 nitrogen and oxygen atoms in total. The molecule has 0 atom stereocenters. The number of anilines is 2. The summed E-state index contributed by atoms with van der Waals surface area (Å²) in [4.78, 5) is 4.05. The van der Waals surface area contributed by atoms with Crippen molar-refractivity contribution in [2.24, 2.45) is 0 Å². The summed E-state index contributed by atoms with van der Waals surface area (Å²) in [5.74, 6) is 0.475. The van der Waals surface area contributed by atoms with Gasteiger partial charge in [-0.05, 0) is 5.56 Å². The third-order valence-electron chi connectivity index (χ3n) is 2.02.